The fraction of sp³-hybridized carbons (Fsp3) is 0.368. The Morgan fingerprint density at radius 2 is 1.84 bits per heavy atom. The number of phenolic OH excluding ortho intramolecular Hbond substituents is 1. The summed E-state index contributed by atoms with van der Waals surface area (Å²) < 4.78 is 11.8. The monoisotopic (exact) mass is 425 g/mol. The van der Waals surface area contributed by atoms with Gasteiger partial charge in [0.25, 0.3) is 0 Å². The second-order valence-electron chi connectivity index (χ2n) is 6.38. The maximum atomic E-state index is 10.4. The highest BCUT2D eigenvalue weighted by atomic mass is 79.9. The molecule has 3 rings (SSSR count). The third kappa shape index (κ3) is 3.59. The molecule has 1 N–H and O–H groups in total. The number of aromatic hydroxyl groups is 1. The van der Waals surface area contributed by atoms with Crippen LogP contribution in [0.4, 0.5) is 0 Å². The molecular formula is C19H21BrClNO3. The summed E-state index contributed by atoms with van der Waals surface area (Å²) in [5, 5.41) is 11.0. The van der Waals surface area contributed by atoms with E-state index in [0.717, 1.165) is 28.7 Å². The van der Waals surface area contributed by atoms with Crippen LogP contribution in [0, 0.1) is 0 Å². The molecule has 0 bridgehead atoms. The van der Waals surface area contributed by atoms with Crippen LogP contribution in [0.5, 0.6) is 17.2 Å². The van der Waals surface area contributed by atoms with Crippen molar-refractivity contribution in [2.24, 2.45) is 0 Å². The number of likely N-dealkylation sites (N-methyl/N-ethyl adjacent to an activating group) is 1. The van der Waals surface area contributed by atoms with Crippen molar-refractivity contribution in [1.29, 1.82) is 0 Å². The standard InChI is InChI=1S/C19H21BrClNO3/c1-22-9-14(11-6-16(20)19(25-3)18(7-11)24-2)15(10-22)13-8-12(21)4-5-17(13)23/h4-8,14-15,23H,9-10H2,1-3H3/t14-,15-/m1/s1. The zero-order valence-electron chi connectivity index (χ0n) is 14.4. The average Bonchev–Trinajstić information content (AvgIpc) is 2.97. The number of ether oxygens (including phenoxy) is 2. The van der Waals surface area contributed by atoms with Crippen LogP contribution in [-0.2, 0) is 0 Å². The Labute approximate surface area is 161 Å². The number of halogens is 2. The van der Waals surface area contributed by atoms with Gasteiger partial charge in [-0.3, -0.25) is 0 Å². The largest absolute Gasteiger partial charge is 0.508 e. The highest BCUT2D eigenvalue weighted by Gasteiger charge is 2.35. The van der Waals surface area contributed by atoms with E-state index in [1.165, 1.54) is 0 Å². The van der Waals surface area contributed by atoms with Gasteiger partial charge in [-0.25, -0.2) is 0 Å². The molecule has 0 aromatic heterocycles. The van der Waals surface area contributed by atoms with E-state index in [9.17, 15) is 5.11 Å². The molecule has 0 saturated carbocycles. The molecule has 1 heterocycles. The summed E-state index contributed by atoms with van der Waals surface area (Å²) in [7, 11) is 5.35. The number of hydrogen-bond donors (Lipinski definition) is 1. The molecule has 2 atom stereocenters. The van der Waals surface area contributed by atoms with Crippen molar-refractivity contribution in [1.82, 2.24) is 4.90 Å². The number of hydrogen-bond acceptors (Lipinski definition) is 4. The van der Waals surface area contributed by atoms with Gasteiger partial charge in [-0.1, -0.05) is 11.6 Å². The van der Waals surface area contributed by atoms with Gasteiger partial charge in [-0.15, -0.1) is 0 Å². The van der Waals surface area contributed by atoms with E-state index in [2.05, 4.69) is 33.9 Å². The fourth-order valence-electron chi connectivity index (χ4n) is 3.63. The van der Waals surface area contributed by atoms with Crippen LogP contribution in [0.1, 0.15) is 23.0 Å². The minimum absolute atomic E-state index is 0.147. The molecule has 0 radical (unpaired) electrons. The van der Waals surface area contributed by atoms with Crippen LogP contribution in [0.25, 0.3) is 0 Å². The van der Waals surface area contributed by atoms with Crippen molar-refractivity contribution in [3.05, 3.63) is 51.0 Å². The zero-order valence-corrected chi connectivity index (χ0v) is 16.8. The number of methoxy groups -OCH3 is 2. The Bertz CT molecular complexity index is 784. The molecule has 0 aliphatic carbocycles. The smallest absolute Gasteiger partial charge is 0.174 e. The molecule has 2 aromatic carbocycles. The van der Waals surface area contributed by atoms with E-state index in [1.807, 2.05) is 12.1 Å². The van der Waals surface area contributed by atoms with Crippen LogP contribution >= 0.6 is 27.5 Å². The molecule has 134 valence electrons. The lowest BCUT2D eigenvalue weighted by Gasteiger charge is -2.22. The third-order valence-electron chi connectivity index (χ3n) is 4.78. The first kappa shape index (κ1) is 18.4. The van der Waals surface area contributed by atoms with Crippen LogP contribution in [-0.4, -0.2) is 44.4 Å². The van der Waals surface area contributed by atoms with Crippen molar-refractivity contribution < 1.29 is 14.6 Å². The molecular weight excluding hydrogens is 406 g/mol. The molecule has 1 aliphatic rings. The highest BCUT2D eigenvalue weighted by Crippen LogP contribution is 2.46. The Morgan fingerprint density at radius 3 is 2.52 bits per heavy atom. The Kier molecular flexibility index (Phi) is 5.46. The fourth-order valence-corrected chi connectivity index (χ4v) is 4.43. The van der Waals surface area contributed by atoms with Gasteiger partial charge in [-0.2, -0.15) is 0 Å². The predicted octanol–water partition coefficient (Wildman–Crippen LogP) is 4.64. The predicted molar refractivity (Wildman–Crippen MR) is 103 cm³/mol. The topological polar surface area (TPSA) is 41.9 Å². The summed E-state index contributed by atoms with van der Waals surface area (Å²) in [6.07, 6.45) is 0. The second kappa shape index (κ2) is 7.44. The second-order valence-corrected chi connectivity index (χ2v) is 7.67. The molecule has 25 heavy (non-hydrogen) atoms. The van der Waals surface area contributed by atoms with Crippen molar-refractivity contribution >= 4 is 27.5 Å². The van der Waals surface area contributed by atoms with E-state index in [0.29, 0.717) is 16.5 Å². The van der Waals surface area contributed by atoms with Gasteiger partial charge in [0.05, 0.1) is 18.7 Å². The van der Waals surface area contributed by atoms with Crippen molar-refractivity contribution in [3.63, 3.8) is 0 Å². The first-order valence-electron chi connectivity index (χ1n) is 8.03. The van der Waals surface area contributed by atoms with Gasteiger partial charge in [0.1, 0.15) is 5.75 Å². The van der Waals surface area contributed by atoms with Crippen LogP contribution < -0.4 is 9.47 Å². The van der Waals surface area contributed by atoms with Gasteiger partial charge >= 0.3 is 0 Å². The summed E-state index contributed by atoms with van der Waals surface area (Å²) in [5.74, 6) is 2.02. The third-order valence-corrected chi connectivity index (χ3v) is 5.60. The van der Waals surface area contributed by atoms with Crippen molar-refractivity contribution in [3.8, 4) is 17.2 Å². The number of phenols is 1. The molecule has 4 nitrogen and oxygen atoms in total. The van der Waals surface area contributed by atoms with E-state index in [-0.39, 0.29) is 17.6 Å². The summed E-state index contributed by atoms with van der Waals surface area (Å²) in [6, 6.07) is 9.32. The molecule has 0 unspecified atom stereocenters. The van der Waals surface area contributed by atoms with E-state index in [4.69, 9.17) is 21.1 Å². The van der Waals surface area contributed by atoms with E-state index >= 15 is 0 Å². The Hall–Kier alpha value is -1.43. The van der Waals surface area contributed by atoms with Gasteiger partial charge in [0.15, 0.2) is 11.5 Å². The Balaban J connectivity index is 2.05. The number of benzene rings is 2. The molecule has 0 amide bonds. The van der Waals surface area contributed by atoms with Crippen molar-refractivity contribution in [2.75, 3.05) is 34.4 Å². The van der Waals surface area contributed by atoms with E-state index in [1.54, 1.807) is 26.4 Å². The molecule has 1 aliphatic heterocycles. The maximum absolute atomic E-state index is 10.4. The SMILES string of the molecule is COc1cc([C@H]2CN(C)C[C@@H]2c2cc(Cl)ccc2O)cc(Br)c1OC. The average molecular weight is 427 g/mol. The number of nitrogens with zero attached hydrogens (tertiary/aromatic N) is 1. The number of rotatable bonds is 4. The highest BCUT2D eigenvalue weighted by molar-refractivity contribution is 9.10. The summed E-state index contributed by atoms with van der Waals surface area (Å²) in [5.41, 5.74) is 2.02. The molecule has 1 saturated heterocycles. The molecule has 1 fully saturated rings. The lowest BCUT2D eigenvalue weighted by Crippen LogP contribution is -2.13. The summed E-state index contributed by atoms with van der Waals surface area (Å²) in [6.45, 7) is 1.74. The van der Waals surface area contributed by atoms with E-state index < -0.39 is 0 Å². The summed E-state index contributed by atoms with van der Waals surface area (Å²) >= 11 is 9.74. The first-order chi connectivity index (χ1) is 11.9. The van der Waals surface area contributed by atoms with Crippen molar-refractivity contribution in [2.45, 2.75) is 11.8 Å². The Morgan fingerprint density at radius 1 is 1.12 bits per heavy atom. The maximum Gasteiger partial charge on any atom is 0.174 e. The normalized spacial score (nSPS) is 20.7. The summed E-state index contributed by atoms with van der Waals surface area (Å²) in [4.78, 5) is 2.26. The van der Waals surface area contributed by atoms with Crippen LogP contribution in [0.3, 0.4) is 0 Å². The number of likely N-dealkylation sites (tertiary alicyclic amines) is 1. The van der Waals surface area contributed by atoms with Gasteiger partial charge in [-0.05, 0) is 58.9 Å². The van der Waals surface area contributed by atoms with Crippen LogP contribution in [0.2, 0.25) is 5.02 Å². The quantitative estimate of drug-likeness (QED) is 0.773. The molecule has 0 spiro atoms. The lowest BCUT2D eigenvalue weighted by atomic mass is 9.83. The first-order valence-corrected chi connectivity index (χ1v) is 9.20. The van der Waals surface area contributed by atoms with Gasteiger partial charge in [0, 0.05) is 35.5 Å². The van der Waals surface area contributed by atoms with Crippen LogP contribution in [0.15, 0.2) is 34.8 Å². The zero-order chi connectivity index (χ0) is 18.1. The lowest BCUT2D eigenvalue weighted by molar-refractivity contribution is 0.352. The molecule has 2 aromatic rings. The minimum Gasteiger partial charge on any atom is -0.508 e. The molecule has 6 heteroatoms. The van der Waals surface area contributed by atoms with Gasteiger partial charge < -0.3 is 19.5 Å². The van der Waals surface area contributed by atoms with Gasteiger partial charge in [0.2, 0.25) is 0 Å². The minimum atomic E-state index is 0.147.